The summed E-state index contributed by atoms with van der Waals surface area (Å²) in [5.41, 5.74) is 2.15. The first-order chi connectivity index (χ1) is 10.1. The van der Waals surface area contributed by atoms with Crippen LogP contribution in [0.5, 0.6) is 0 Å². The predicted molar refractivity (Wildman–Crippen MR) is 85.7 cm³/mol. The van der Waals surface area contributed by atoms with E-state index in [1.807, 2.05) is 6.92 Å². The molecule has 0 aliphatic carbocycles. The Hall–Kier alpha value is -1.70. The second kappa shape index (κ2) is 5.59. The Morgan fingerprint density at radius 3 is 2.81 bits per heavy atom. The molecule has 3 nitrogen and oxygen atoms in total. The Kier molecular flexibility index (Phi) is 3.79. The quantitative estimate of drug-likeness (QED) is 0.496. The summed E-state index contributed by atoms with van der Waals surface area (Å²) in [6.45, 7) is 1.98. The number of halogens is 3. The fraction of sp³-hybridized carbons (Fsp3) is 0.133. The van der Waals surface area contributed by atoms with E-state index in [9.17, 15) is 8.78 Å². The summed E-state index contributed by atoms with van der Waals surface area (Å²) in [6.07, 6.45) is 3.87. The summed E-state index contributed by atoms with van der Waals surface area (Å²) in [5, 5.41) is 3.68. The van der Waals surface area contributed by atoms with Crippen LogP contribution in [0.15, 0.2) is 35.1 Å². The highest BCUT2D eigenvalue weighted by atomic mass is 127. The summed E-state index contributed by atoms with van der Waals surface area (Å²) in [6, 6.07) is 4.03. The lowest BCUT2D eigenvalue weighted by atomic mass is 10.1. The van der Waals surface area contributed by atoms with E-state index in [1.165, 1.54) is 6.26 Å². The monoisotopic (exact) mass is 400 g/mol. The van der Waals surface area contributed by atoms with Crippen molar-refractivity contribution in [1.29, 1.82) is 0 Å². The van der Waals surface area contributed by atoms with Gasteiger partial charge in [0, 0.05) is 12.3 Å². The topological polar surface area (TPSA) is 38.1 Å². The average Bonchev–Trinajstić information content (AvgIpc) is 2.88. The number of nitrogens with one attached hydrogen (secondary N) is 1. The molecule has 0 amide bonds. The first-order valence-corrected chi connectivity index (χ1v) is 7.44. The minimum atomic E-state index is -0.517. The molecular formula is C15H11F2IN2O. The third kappa shape index (κ3) is 2.59. The fourth-order valence-electron chi connectivity index (χ4n) is 2.18. The molecule has 1 aromatic carbocycles. The van der Waals surface area contributed by atoms with Gasteiger partial charge in [-0.2, -0.15) is 0 Å². The molecule has 0 unspecified atom stereocenters. The van der Waals surface area contributed by atoms with Gasteiger partial charge in [0.15, 0.2) is 0 Å². The molecule has 3 rings (SSSR count). The molecule has 6 heteroatoms. The number of hydrogen-bond acceptors (Lipinski definition) is 3. The van der Waals surface area contributed by atoms with Crippen LogP contribution in [0.4, 0.5) is 20.2 Å². The van der Waals surface area contributed by atoms with Crippen LogP contribution >= 0.6 is 22.6 Å². The highest BCUT2D eigenvalue weighted by molar-refractivity contribution is 14.1. The van der Waals surface area contributed by atoms with Gasteiger partial charge in [-0.25, -0.2) is 8.78 Å². The lowest BCUT2D eigenvalue weighted by Gasteiger charge is -2.08. The number of hydrogen-bond donors (Lipinski definition) is 1. The molecule has 108 valence electrons. The summed E-state index contributed by atoms with van der Waals surface area (Å²) < 4.78 is 33.2. The van der Waals surface area contributed by atoms with Crippen LogP contribution in [0.1, 0.15) is 12.6 Å². The number of pyridine rings is 1. The van der Waals surface area contributed by atoms with Gasteiger partial charge in [0.2, 0.25) is 0 Å². The number of nitrogens with zero attached hydrogens (tertiary/aromatic N) is 1. The molecule has 0 saturated heterocycles. The van der Waals surface area contributed by atoms with Crippen LogP contribution in [0.2, 0.25) is 0 Å². The molecule has 2 aromatic heterocycles. The number of aryl methyl sites for hydroxylation is 1. The maximum atomic E-state index is 13.9. The zero-order valence-corrected chi connectivity index (χ0v) is 13.2. The molecule has 0 aliphatic rings. The van der Waals surface area contributed by atoms with Gasteiger partial charge in [-0.05, 0) is 41.1 Å². The standard InChI is InChI=1S/C15H11F2IN2O/c1-2-11-15-13(7-21-14(15)3-4-19-11)20-12-6-8(16)10(18)5-9(12)17/h3-7,20H,2H2,1H3. The summed E-state index contributed by atoms with van der Waals surface area (Å²) in [7, 11) is 0. The van der Waals surface area contributed by atoms with E-state index in [2.05, 4.69) is 10.3 Å². The van der Waals surface area contributed by atoms with E-state index in [0.29, 0.717) is 11.3 Å². The number of rotatable bonds is 3. The van der Waals surface area contributed by atoms with Gasteiger partial charge in [0.1, 0.15) is 23.5 Å². The number of furan rings is 1. The molecule has 0 radical (unpaired) electrons. The third-order valence-electron chi connectivity index (χ3n) is 3.18. The number of aromatic nitrogens is 1. The molecule has 1 N–H and O–H groups in total. The van der Waals surface area contributed by atoms with E-state index in [1.54, 1.807) is 34.9 Å². The average molecular weight is 400 g/mol. The van der Waals surface area contributed by atoms with Gasteiger partial charge in [0.25, 0.3) is 0 Å². The molecule has 0 fully saturated rings. The lowest BCUT2D eigenvalue weighted by Crippen LogP contribution is -1.97. The molecular weight excluding hydrogens is 389 g/mol. The van der Waals surface area contributed by atoms with Crippen LogP contribution in [-0.4, -0.2) is 4.98 Å². The van der Waals surface area contributed by atoms with Gasteiger partial charge in [0.05, 0.1) is 26.0 Å². The van der Waals surface area contributed by atoms with Crippen molar-refractivity contribution in [1.82, 2.24) is 4.98 Å². The molecule has 0 bridgehead atoms. The number of anilines is 2. The van der Waals surface area contributed by atoms with Crippen LogP contribution in [0.25, 0.3) is 11.0 Å². The van der Waals surface area contributed by atoms with Crippen molar-refractivity contribution in [3.05, 3.63) is 51.6 Å². The highest BCUT2D eigenvalue weighted by Crippen LogP contribution is 2.32. The van der Waals surface area contributed by atoms with E-state index >= 15 is 0 Å². The zero-order chi connectivity index (χ0) is 15.0. The van der Waals surface area contributed by atoms with Gasteiger partial charge < -0.3 is 9.73 Å². The second-order valence-corrected chi connectivity index (χ2v) is 5.67. The number of fused-ring (bicyclic) bond motifs is 1. The highest BCUT2D eigenvalue weighted by Gasteiger charge is 2.14. The minimum Gasteiger partial charge on any atom is -0.462 e. The first-order valence-electron chi connectivity index (χ1n) is 6.36. The maximum absolute atomic E-state index is 13.9. The van der Waals surface area contributed by atoms with Crippen molar-refractivity contribution in [2.45, 2.75) is 13.3 Å². The molecule has 2 heterocycles. The Morgan fingerprint density at radius 2 is 2.05 bits per heavy atom. The van der Waals surface area contributed by atoms with Gasteiger partial charge >= 0.3 is 0 Å². The van der Waals surface area contributed by atoms with E-state index < -0.39 is 11.6 Å². The van der Waals surface area contributed by atoms with E-state index in [4.69, 9.17) is 4.42 Å². The van der Waals surface area contributed by atoms with Crippen molar-refractivity contribution < 1.29 is 13.2 Å². The van der Waals surface area contributed by atoms with Crippen LogP contribution in [-0.2, 0) is 6.42 Å². The largest absolute Gasteiger partial charge is 0.462 e. The third-order valence-corrected chi connectivity index (χ3v) is 4.01. The second-order valence-electron chi connectivity index (χ2n) is 4.50. The van der Waals surface area contributed by atoms with Crippen molar-refractivity contribution in [3.8, 4) is 0 Å². The lowest BCUT2D eigenvalue weighted by molar-refractivity contribution is 0.596. The maximum Gasteiger partial charge on any atom is 0.147 e. The van der Waals surface area contributed by atoms with Crippen molar-refractivity contribution in [3.63, 3.8) is 0 Å². The van der Waals surface area contributed by atoms with Crippen molar-refractivity contribution in [2.75, 3.05) is 5.32 Å². The van der Waals surface area contributed by atoms with E-state index in [0.717, 1.165) is 29.6 Å². The molecule has 3 aromatic rings. The summed E-state index contributed by atoms with van der Waals surface area (Å²) in [5.74, 6) is -0.988. The molecule has 21 heavy (non-hydrogen) atoms. The van der Waals surface area contributed by atoms with Gasteiger partial charge in [-0.15, -0.1) is 0 Å². The Bertz CT molecular complexity index is 817. The van der Waals surface area contributed by atoms with Crippen LogP contribution in [0, 0.1) is 15.2 Å². The summed E-state index contributed by atoms with van der Waals surface area (Å²) >= 11 is 1.75. The fourth-order valence-corrected chi connectivity index (χ4v) is 2.61. The molecule has 0 aliphatic heterocycles. The predicted octanol–water partition coefficient (Wildman–Crippen LogP) is 5.02. The molecule has 0 spiro atoms. The smallest absolute Gasteiger partial charge is 0.147 e. The van der Waals surface area contributed by atoms with Crippen LogP contribution < -0.4 is 5.32 Å². The Balaban J connectivity index is 2.08. The van der Waals surface area contributed by atoms with Crippen molar-refractivity contribution in [2.24, 2.45) is 0 Å². The summed E-state index contributed by atoms with van der Waals surface area (Å²) in [4.78, 5) is 4.28. The van der Waals surface area contributed by atoms with Crippen molar-refractivity contribution >= 4 is 44.9 Å². The number of benzene rings is 1. The van der Waals surface area contributed by atoms with Gasteiger partial charge in [-0.3, -0.25) is 4.98 Å². The Morgan fingerprint density at radius 1 is 1.24 bits per heavy atom. The van der Waals surface area contributed by atoms with Gasteiger partial charge in [-0.1, -0.05) is 6.92 Å². The first kappa shape index (κ1) is 14.2. The molecule has 0 atom stereocenters. The SMILES string of the molecule is CCc1nccc2occ(Nc3cc(F)c(I)cc3F)c12. The Labute approximate surface area is 133 Å². The minimum absolute atomic E-state index is 0.0709. The molecule has 0 saturated carbocycles. The normalized spacial score (nSPS) is 11.0. The van der Waals surface area contributed by atoms with Crippen LogP contribution in [0.3, 0.4) is 0 Å². The zero-order valence-electron chi connectivity index (χ0n) is 11.1. The van der Waals surface area contributed by atoms with E-state index in [-0.39, 0.29) is 9.26 Å².